The number of aromatic nitrogens is 3. The monoisotopic (exact) mass is 284 g/mol. The number of amides is 1. The Bertz CT molecular complexity index is 470. The minimum atomic E-state index is -0.606. The van der Waals surface area contributed by atoms with Crippen LogP contribution in [-0.2, 0) is 27.4 Å². The molecule has 1 N–H and O–H groups in total. The van der Waals surface area contributed by atoms with E-state index in [1.54, 1.807) is 0 Å². The molecule has 0 bridgehead atoms. The SMILES string of the molecule is COCc1c(C(=O)OC)nnn1CC(=O)NCC(C)C. The molecule has 8 nitrogen and oxygen atoms in total. The van der Waals surface area contributed by atoms with Gasteiger partial charge >= 0.3 is 5.97 Å². The number of carbonyl (C=O) groups excluding carboxylic acids is 2. The molecule has 0 radical (unpaired) electrons. The quantitative estimate of drug-likeness (QED) is 0.707. The van der Waals surface area contributed by atoms with E-state index in [1.165, 1.54) is 18.9 Å². The van der Waals surface area contributed by atoms with Gasteiger partial charge in [-0.3, -0.25) is 4.79 Å². The zero-order valence-corrected chi connectivity index (χ0v) is 12.2. The highest BCUT2D eigenvalue weighted by Crippen LogP contribution is 2.08. The highest BCUT2D eigenvalue weighted by atomic mass is 16.5. The maximum atomic E-state index is 11.8. The zero-order valence-electron chi connectivity index (χ0n) is 12.2. The second-order valence-electron chi connectivity index (χ2n) is 4.66. The van der Waals surface area contributed by atoms with Crippen LogP contribution in [0.3, 0.4) is 0 Å². The lowest BCUT2D eigenvalue weighted by atomic mass is 10.2. The van der Waals surface area contributed by atoms with E-state index >= 15 is 0 Å². The van der Waals surface area contributed by atoms with Gasteiger partial charge in [-0.1, -0.05) is 19.1 Å². The van der Waals surface area contributed by atoms with E-state index in [1.807, 2.05) is 13.8 Å². The Labute approximate surface area is 117 Å². The number of nitrogens with zero attached hydrogens (tertiary/aromatic N) is 3. The first-order valence-electron chi connectivity index (χ1n) is 6.25. The zero-order chi connectivity index (χ0) is 15.1. The normalized spacial score (nSPS) is 10.7. The molecule has 112 valence electrons. The highest BCUT2D eigenvalue weighted by Gasteiger charge is 2.21. The molecule has 1 aromatic heterocycles. The summed E-state index contributed by atoms with van der Waals surface area (Å²) in [4.78, 5) is 23.3. The van der Waals surface area contributed by atoms with Crippen LogP contribution in [0.1, 0.15) is 30.0 Å². The van der Waals surface area contributed by atoms with E-state index in [0.29, 0.717) is 18.2 Å². The number of methoxy groups -OCH3 is 2. The molecule has 0 atom stereocenters. The van der Waals surface area contributed by atoms with Gasteiger partial charge in [0.15, 0.2) is 5.69 Å². The molecular weight excluding hydrogens is 264 g/mol. The van der Waals surface area contributed by atoms with E-state index in [4.69, 9.17) is 4.74 Å². The van der Waals surface area contributed by atoms with Crippen LogP contribution in [0.4, 0.5) is 0 Å². The van der Waals surface area contributed by atoms with E-state index in [2.05, 4.69) is 20.4 Å². The standard InChI is InChI=1S/C12H20N4O4/c1-8(2)5-13-10(17)6-16-9(7-19-3)11(14-15-16)12(18)20-4/h8H,5-7H2,1-4H3,(H,13,17). The number of ether oxygens (including phenoxy) is 2. The fourth-order valence-corrected chi connectivity index (χ4v) is 1.50. The maximum Gasteiger partial charge on any atom is 0.360 e. The number of hydrogen-bond donors (Lipinski definition) is 1. The molecule has 1 heterocycles. The number of esters is 1. The lowest BCUT2D eigenvalue weighted by Gasteiger charge is -2.09. The van der Waals surface area contributed by atoms with Gasteiger partial charge in [0.05, 0.1) is 19.4 Å². The second kappa shape index (κ2) is 7.59. The van der Waals surface area contributed by atoms with Crippen molar-refractivity contribution < 1.29 is 19.1 Å². The molecule has 0 saturated heterocycles. The van der Waals surface area contributed by atoms with E-state index in [9.17, 15) is 9.59 Å². The molecule has 1 amide bonds. The lowest BCUT2D eigenvalue weighted by molar-refractivity contribution is -0.122. The largest absolute Gasteiger partial charge is 0.464 e. The number of carbonyl (C=O) groups is 2. The third-order valence-corrected chi connectivity index (χ3v) is 2.50. The van der Waals surface area contributed by atoms with Crippen molar-refractivity contribution in [3.63, 3.8) is 0 Å². The lowest BCUT2D eigenvalue weighted by Crippen LogP contribution is -2.31. The summed E-state index contributed by atoms with van der Waals surface area (Å²) in [6.07, 6.45) is 0. The van der Waals surface area contributed by atoms with E-state index in [0.717, 1.165) is 0 Å². The Morgan fingerprint density at radius 2 is 2.05 bits per heavy atom. The molecule has 1 rings (SSSR count). The van der Waals surface area contributed by atoms with Gasteiger partial charge in [-0.15, -0.1) is 5.10 Å². The Hall–Kier alpha value is -1.96. The predicted molar refractivity (Wildman–Crippen MR) is 69.9 cm³/mol. The van der Waals surface area contributed by atoms with Gasteiger partial charge in [-0.05, 0) is 5.92 Å². The van der Waals surface area contributed by atoms with E-state index < -0.39 is 5.97 Å². The third kappa shape index (κ3) is 4.30. The summed E-state index contributed by atoms with van der Waals surface area (Å²) in [5.74, 6) is -0.443. The fraction of sp³-hybridized carbons (Fsp3) is 0.667. The summed E-state index contributed by atoms with van der Waals surface area (Å²) >= 11 is 0. The van der Waals surface area contributed by atoms with Gasteiger partial charge in [0.25, 0.3) is 0 Å². The molecule has 0 spiro atoms. The van der Waals surface area contributed by atoms with Crippen molar-refractivity contribution in [3.05, 3.63) is 11.4 Å². The van der Waals surface area contributed by atoms with Gasteiger partial charge in [-0.25, -0.2) is 9.48 Å². The predicted octanol–water partition coefficient (Wildman–Crippen LogP) is -0.0167. The van der Waals surface area contributed by atoms with Crippen LogP contribution in [0.15, 0.2) is 0 Å². The minimum Gasteiger partial charge on any atom is -0.464 e. The van der Waals surface area contributed by atoms with Crippen LogP contribution < -0.4 is 5.32 Å². The number of hydrogen-bond acceptors (Lipinski definition) is 6. The maximum absolute atomic E-state index is 11.8. The van der Waals surface area contributed by atoms with Crippen molar-refractivity contribution >= 4 is 11.9 Å². The molecule has 0 saturated carbocycles. The average molecular weight is 284 g/mol. The first kappa shape index (κ1) is 16.1. The Kier molecular flexibility index (Phi) is 6.10. The Balaban J connectivity index is 2.81. The molecular formula is C12H20N4O4. The average Bonchev–Trinajstić information content (AvgIpc) is 2.79. The van der Waals surface area contributed by atoms with E-state index in [-0.39, 0.29) is 24.8 Å². The second-order valence-corrected chi connectivity index (χ2v) is 4.66. The summed E-state index contributed by atoms with van der Waals surface area (Å²) in [5.41, 5.74) is 0.477. The number of rotatable bonds is 7. The van der Waals surface area contributed by atoms with Crippen molar-refractivity contribution in [2.45, 2.75) is 27.0 Å². The van der Waals surface area contributed by atoms with Gasteiger partial charge in [0.1, 0.15) is 6.54 Å². The smallest absolute Gasteiger partial charge is 0.360 e. The minimum absolute atomic E-state index is 0.0184. The van der Waals surface area contributed by atoms with Gasteiger partial charge in [0.2, 0.25) is 5.91 Å². The van der Waals surface area contributed by atoms with Crippen LogP contribution in [0.25, 0.3) is 0 Å². The van der Waals surface area contributed by atoms with Crippen molar-refractivity contribution in [1.82, 2.24) is 20.3 Å². The summed E-state index contributed by atoms with van der Waals surface area (Å²) in [6.45, 7) is 4.68. The highest BCUT2D eigenvalue weighted by molar-refractivity contribution is 5.88. The molecule has 0 fully saturated rings. The number of nitrogens with one attached hydrogen (secondary N) is 1. The molecule has 8 heteroatoms. The van der Waals surface area contributed by atoms with Crippen molar-refractivity contribution in [3.8, 4) is 0 Å². The summed E-state index contributed by atoms with van der Waals surface area (Å²) < 4.78 is 11.0. The van der Waals surface area contributed by atoms with Crippen molar-refractivity contribution in [1.29, 1.82) is 0 Å². The third-order valence-electron chi connectivity index (χ3n) is 2.50. The van der Waals surface area contributed by atoms with Crippen molar-refractivity contribution in [2.24, 2.45) is 5.92 Å². The van der Waals surface area contributed by atoms with Crippen LogP contribution in [-0.4, -0.2) is 47.6 Å². The molecule has 0 aliphatic heterocycles. The molecule has 20 heavy (non-hydrogen) atoms. The molecule has 0 unspecified atom stereocenters. The van der Waals surface area contributed by atoms with Crippen LogP contribution in [0, 0.1) is 5.92 Å². The van der Waals surface area contributed by atoms with Crippen molar-refractivity contribution in [2.75, 3.05) is 20.8 Å². The fourth-order valence-electron chi connectivity index (χ4n) is 1.50. The first-order valence-corrected chi connectivity index (χ1v) is 6.25. The van der Waals surface area contributed by atoms with Crippen LogP contribution >= 0.6 is 0 Å². The molecule has 0 aromatic carbocycles. The molecule has 0 aliphatic rings. The Morgan fingerprint density at radius 1 is 1.35 bits per heavy atom. The molecule has 1 aromatic rings. The van der Waals surface area contributed by atoms with Gasteiger partial charge in [-0.2, -0.15) is 0 Å². The first-order chi connectivity index (χ1) is 9.49. The topological polar surface area (TPSA) is 95.3 Å². The summed E-state index contributed by atoms with van der Waals surface area (Å²) in [6, 6.07) is 0. The van der Waals surface area contributed by atoms with Crippen LogP contribution in [0.5, 0.6) is 0 Å². The summed E-state index contributed by atoms with van der Waals surface area (Å²) in [7, 11) is 2.74. The molecule has 0 aliphatic carbocycles. The summed E-state index contributed by atoms with van der Waals surface area (Å²) in [5, 5.41) is 10.3. The van der Waals surface area contributed by atoms with Crippen LogP contribution in [0.2, 0.25) is 0 Å². The van der Waals surface area contributed by atoms with Gasteiger partial charge in [0, 0.05) is 13.7 Å². The Morgan fingerprint density at radius 3 is 2.60 bits per heavy atom. The van der Waals surface area contributed by atoms with Gasteiger partial charge < -0.3 is 14.8 Å².